The third-order valence-electron chi connectivity index (χ3n) is 7.43. The van der Waals surface area contributed by atoms with Crippen LogP contribution in [0.15, 0.2) is 121 Å². The van der Waals surface area contributed by atoms with Gasteiger partial charge in [0.2, 0.25) is 0 Å². The average molecular weight is 647 g/mol. The Balaban J connectivity index is 1.73. The highest BCUT2D eigenvalue weighted by Gasteiger charge is 2.49. The summed E-state index contributed by atoms with van der Waals surface area (Å²) in [4.78, 5) is 0. The molecule has 0 aromatic heterocycles. The van der Waals surface area contributed by atoms with Gasteiger partial charge in [-0.15, -0.1) is 0 Å². The van der Waals surface area contributed by atoms with Crippen molar-refractivity contribution in [3.05, 3.63) is 121 Å². The highest BCUT2D eigenvalue weighted by atomic mass is 32.2. The zero-order valence-electron chi connectivity index (χ0n) is 24.1. The van der Waals surface area contributed by atoms with Crippen LogP contribution in [-0.4, -0.2) is 28.1 Å². The smallest absolute Gasteiger partial charge is 0.497 e. The van der Waals surface area contributed by atoms with Gasteiger partial charge in [-0.25, -0.2) is 0 Å². The van der Waals surface area contributed by atoms with Gasteiger partial charge in [0.25, 0.3) is 0 Å². The number of hydrogen-bond acceptors (Lipinski definition) is 5. The maximum atomic E-state index is 13.7. The first kappa shape index (κ1) is 30.4. The number of rotatable bonds is 8. The molecule has 6 rings (SSSR count). The lowest BCUT2D eigenvalue weighted by molar-refractivity contribution is -0.0499. The van der Waals surface area contributed by atoms with Crippen LogP contribution in [0, 0.1) is 0 Å². The van der Waals surface area contributed by atoms with Gasteiger partial charge < -0.3 is 13.7 Å². The molecule has 0 amide bonds. The molecule has 0 atom stereocenters. The van der Waals surface area contributed by atoms with E-state index in [-0.39, 0.29) is 5.56 Å². The van der Waals surface area contributed by atoms with Crippen molar-refractivity contribution < 1.29 is 35.2 Å². The third-order valence-corrected chi connectivity index (χ3v) is 10.9. The van der Waals surface area contributed by atoms with Crippen molar-refractivity contribution >= 4 is 55.5 Å². The molecule has 0 N–H and O–H groups in total. The molecule has 0 aliphatic carbocycles. The number of methoxy groups -OCH3 is 2. The molecule has 10 heteroatoms. The number of alkyl halides is 3. The Morgan fingerprint density at radius 2 is 1.04 bits per heavy atom. The van der Waals surface area contributed by atoms with E-state index in [4.69, 9.17) is 13.7 Å². The summed E-state index contributed by atoms with van der Waals surface area (Å²) in [6.45, 7) is 0. The Morgan fingerprint density at radius 1 is 0.578 bits per heavy atom. The second kappa shape index (κ2) is 12.1. The molecular formula is C35H26F3O5PS. The zero-order valence-corrected chi connectivity index (χ0v) is 25.8. The molecule has 0 heterocycles. The summed E-state index contributed by atoms with van der Waals surface area (Å²) in [5.41, 5.74) is -4.78. The topological polar surface area (TPSA) is 61.8 Å². The fraction of sp³-hybridized carbons (Fsp3) is 0.0857. The van der Waals surface area contributed by atoms with Crippen LogP contribution in [0.25, 0.3) is 32.7 Å². The van der Waals surface area contributed by atoms with E-state index in [1.165, 1.54) is 6.07 Å². The van der Waals surface area contributed by atoms with E-state index >= 15 is 0 Å². The minimum atomic E-state index is -5.98. The summed E-state index contributed by atoms with van der Waals surface area (Å²) < 4.78 is 81.6. The van der Waals surface area contributed by atoms with Gasteiger partial charge in [-0.05, 0) is 75.7 Å². The highest BCUT2D eigenvalue weighted by molar-refractivity contribution is 7.88. The van der Waals surface area contributed by atoms with Gasteiger partial charge in [0, 0.05) is 11.1 Å². The molecule has 45 heavy (non-hydrogen) atoms. The molecule has 228 valence electrons. The molecule has 0 spiro atoms. The normalized spacial score (nSPS) is 12.0. The summed E-state index contributed by atoms with van der Waals surface area (Å²) >= 11 is 0. The van der Waals surface area contributed by atoms with Crippen LogP contribution in [0.2, 0.25) is 0 Å². The van der Waals surface area contributed by atoms with E-state index in [9.17, 15) is 21.6 Å². The fourth-order valence-corrected chi connectivity index (χ4v) is 8.24. The van der Waals surface area contributed by atoms with Crippen molar-refractivity contribution in [1.82, 2.24) is 0 Å². The van der Waals surface area contributed by atoms with Crippen LogP contribution in [0.5, 0.6) is 17.2 Å². The van der Waals surface area contributed by atoms with E-state index in [2.05, 4.69) is 0 Å². The van der Waals surface area contributed by atoms with Crippen molar-refractivity contribution in [1.29, 1.82) is 0 Å². The average Bonchev–Trinajstić information content (AvgIpc) is 3.05. The number of halogens is 3. The maximum Gasteiger partial charge on any atom is 0.534 e. The van der Waals surface area contributed by atoms with Gasteiger partial charge >= 0.3 is 15.6 Å². The summed E-state index contributed by atoms with van der Waals surface area (Å²) in [5.74, 6) is 0.927. The second-order valence-corrected chi connectivity index (χ2v) is 13.8. The SMILES string of the molecule is COc1ccc(P(c2ccc(OC)cc2)c2ccc3ccccc3c2-c2c(OS(=O)(=O)C(F)(F)F)ccc3ccccc23)cc1. The van der Waals surface area contributed by atoms with Crippen molar-refractivity contribution in [2.24, 2.45) is 0 Å². The molecule has 0 saturated carbocycles. The lowest BCUT2D eigenvalue weighted by Gasteiger charge is -2.26. The Kier molecular flexibility index (Phi) is 8.16. The lowest BCUT2D eigenvalue weighted by atomic mass is 9.93. The van der Waals surface area contributed by atoms with Crippen LogP contribution < -0.4 is 29.6 Å². The van der Waals surface area contributed by atoms with Gasteiger partial charge in [-0.1, -0.05) is 91.0 Å². The quantitative estimate of drug-likeness (QED) is 0.0966. The molecule has 5 nitrogen and oxygen atoms in total. The standard InChI is InChI=1S/C35H26F3O5PS/c1-41-25-13-17-27(18-14-25)44(28-19-15-26(42-2)16-20-28)32-22-12-24-8-4-6-10-30(24)34(32)33-29-9-5-3-7-23(29)11-21-31(33)43-45(39,40)35(36,37)38/h3-22H,1-2H3. The third kappa shape index (κ3) is 5.81. The predicted molar refractivity (Wildman–Crippen MR) is 174 cm³/mol. The Hall–Kier alpha value is -4.59. The van der Waals surface area contributed by atoms with Crippen LogP contribution in [0.1, 0.15) is 0 Å². The van der Waals surface area contributed by atoms with Crippen LogP contribution in [0.3, 0.4) is 0 Å². The van der Waals surface area contributed by atoms with E-state index in [1.54, 1.807) is 32.4 Å². The molecule has 6 aromatic rings. The monoisotopic (exact) mass is 646 g/mol. The Morgan fingerprint density at radius 3 is 1.53 bits per heavy atom. The molecule has 0 fully saturated rings. The van der Waals surface area contributed by atoms with Crippen LogP contribution in [-0.2, 0) is 10.1 Å². The minimum absolute atomic E-state index is 0.252. The van der Waals surface area contributed by atoms with Crippen molar-refractivity contribution in [2.75, 3.05) is 14.2 Å². The van der Waals surface area contributed by atoms with Crippen LogP contribution in [0.4, 0.5) is 13.2 Å². The van der Waals surface area contributed by atoms with Gasteiger partial charge in [0.1, 0.15) is 11.5 Å². The molecule has 0 saturated heterocycles. The minimum Gasteiger partial charge on any atom is -0.497 e. The van der Waals surface area contributed by atoms with E-state index in [0.717, 1.165) is 26.7 Å². The summed E-state index contributed by atoms with van der Waals surface area (Å²) in [6, 6.07) is 36.7. The van der Waals surface area contributed by atoms with Crippen molar-refractivity contribution in [2.45, 2.75) is 5.51 Å². The Labute approximate surface area is 259 Å². The Bertz CT molecular complexity index is 2070. The number of ether oxygens (including phenoxy) is 2. The molecule has 6 aromatic carbocycles. The molecular weight excluding hydrogens is 620 g/mol. The van der Waals surface area contributed by atoms with Crippen molar-refractivity contribution in [3.8, 4) is 28.4 Å². The molecule has 0 unspecified atom stereocenters. The number of fused-ring (bicyclic) bond motifs is 2. The predicted octanol–water partition coefficient (Wildman–Crippen LogP) is 7.66. The molecule has 0 bridgehead atoms. The van der Waals surface area contributed by atoms with E-state index < -0.39 is 29.3 Å². The molecule has 0 radical (unpaired) electrons. The van der Waals surface area contributed by atoms with Gasteiger partial charge in [0.15, 0.2) is 5.75 Å². The fourth-order valence-electron chi connectivity index (χ4n) is 5.34. The van der Waals surface area contributed by atoms with Gasteiger partial charge in [0.05, 0.1) is 14.2 Å². The maximum absolute atomic E-state index is 13.7. The summed E-state index contributed by atoms with van der Waals surface area (Å²) in [5, 5.41) is 5.50. The lowest BCUT2D eigenvalue weighted by Crippen LogP contribution is -2.28. The van der Waals surface area contributed by atoms with Gasteiger partial charge in [-0.2, -0.15) is 21.6 Å². The highest BCUT2D eigenvalue weighted by Crippen LogP contribution is 2.46. The number of hydrogen-bond donors (Lipinski definition) is 0. The van der Waals surface area contributed by atoms with Crippen LogP contribution >= 0.6 is 7.92 Å². The summed E-state index contributed by atoms with van der Waals surface area (Å²) in [6.07, 6.45) is 0. The largest absolute Gasteiger partial charge is 0.534 e. The first-order valence-corrected chi connectivity index (χ1v) is 16.5. The number of benzene rings is 6. The summed E-state index contributed by atoms with van der Waals surface area (Å²) in [7, 11) is -4.17. The zero-order chi connectivity index (χ0) is 31.8. The van der Waals surface area contributed by atoms with E-state index in [1.807, 2.05) is 97.1 Å². The molecule has 0 aliphatic rings. The first-order chi connectivity index (χ1) is 21.6. The van der Waals surface area contributed by atoms with Gasteiger partial charge in [-0.3, -0.25) is 0 Å². The van der Waals surface area contributed by atoms with Crippen molar-refractivity contribution in [3.63, 3.8) is 0 Å². The molecule has 0 aliphatic heterocycles. The second-order valence-electron chi connectivity index (χ2n) is 10.1. The van der Waals surface area contributed by atoms with E-state index in [0.29, 0.717) is 27.8 Å². The first-order valence-electron chi connectivity index (χ1n) is 13.7.